The standard InChI is InChI=1S/C24H23N3O3/c1-15(2)14-29-19-10-8-17(9-11-19)23(28)26-20-13-18(7-6-16(20)3)24-27-22-21(30-24)5-4-12-25-22/h4-13,15H,14H2,1-3H3,(H,26,28). The monoisotopic (exact) mass is 401 g/mol. The van der Waals surface area contributed by atoms with E-state index in [1.54, 1.807) is 24.4 Å². The van der Waals surface area contributed by atoms with Gasteiger partial charge in [0.25, 0.3) is 5.91 Å². The molecule has 2 heterocycles. The number of aromatic nitrogens is 2. The van der Waals surface area contributed by atoms with E-state index in [4.69, 9.17) is 9.15 Å². The van der Waals surface area contributed by atoms with Crippen LogP contribution < -0.4 is 10.1 Å². The number of nitrogens with zero attached hydrogens (tertiary/aromatic N) is 2. The van der Waals surface area contributed by atoms with Crippen LogP contribution >= 0.6 is 0 Å². The summed E-state index contributed by atoms with van der Waals surface area (Å²) in [6, 6.07) is 16.5. The molecular formula is C24H23N3O3. The van der Waals surface area contributed by atoms with E-state index in [1.165, 1.54) is 0 Å². The highest BCUT2D eigenvalue weighted by Gasteiger charge is 2.13. The molecule has 0 bridgehead atoms. The van der Waals surface area contributed by atoms with Crippen molar-refractivity contribution in [2.45, 2.75) is 20.8 Å². The smallest absolute Gasteiger partial charge is 0.255 e. The van der Waals surface area contributed by atoms with E-state index in [-0.39, 0.29) is 5.91 Å². The lowest BCUT2D eigenvalue weighted by atomic mass is 10.1. The number of aryl methyl sites for hydroxylation is 1. The van der Waals surface area contributed by atoms with Crippen LogP contribution in [0, 0.1) is 12.8 Å². The Labute approximate surface area is 174 Å². The first-order valence-corrected chi connectivity index (χ1v) is 9.86. The van der Waals surface area contributed by atoms with Crippen molar-refractivity contribution in [3.05, 3.63) is 71.9 Å². The van der Waals surface area contributed by atoms with Crippen molar-refractivity contribution in [2.75, 3.05) is 11.9 Å². The second kappa shape index (κ2) is 8.37. The first-order chi connectivity index (χ1) is 14.5. The molecule has 0 aliphatic rings. The number of carbonyl (C=O) groups excluding carboxylic acids is 1. The number of rotatable bonds is 6. The van der Waals surface area contributed by atoms with Gasteiger partial charge in [-0.05, 0) is 66.9 Å². The molecular weight excluding hydrogens is 378 g/mol. The minimum Gasteiger partial charge on any atom is -0.493 e. The van der Waals surface area contributed by atoms with E-state index in [2.05, 4.69) is 29.1 Å². The molecule has 4 aromatic rings. The van der Waals surface area contributed by atoms with E-state index in [0.717, 1.165) is 16.9 Å². The van der Waals surface area contributed by atoms with Gasteiger partial charge in [-0.2, -0.15) is 4.98 Å². The molecule has 0 radical (unpaired) electrons. The van der Waals surface area contributed by atoms with Crippen LogP contribution in [-0.4, -0.2) is 22.5 Å². The van der Waals surface area contributed by atoms with Crippen molar-refractivity contribution < 1.29 is 13.9 Å². The van der Waals surface area contributed by atoms with Crippen LogP contribution in [0.15, 0.2) is 65.2 Å². The quantitative estimate of drug-likeness (QED) is 0.462. The number of oxazole rings is 1. The number of amides is 1. The predicted molar refractivity (Wildman–Crippen MR) is 117 cm³/mol. The summed E-state index contributed by atoms with van der Waals surface area (Å²) in [5.41, 5.74) is 4.15. The van der Waals surface area contributed by atoms with Crippen LogP contribution in [0.5, 0.6) is 5.75 Å². The van der Waals surface area contributed by atoms with Gasteiger partial charge in [-0.3, -0.25) is 4.79 Å². The van der Waals surface area contributed by atoms with Crippen molar-refractivity contribution in [3.8, 4) is 17.2 Å². The second-order valence-electron chi connectivity index (χ2n) is 7.56. The minimum absolute atomic E-state index is 0.190. The number of ether oxygens (including phenoxy) is 1. The molecule has 0 atom stereocenters. The van der Waals surface area contributed by atoms with Crippen LogP contribution in [0.25, 0.3) is 22.7 Å². The van der Waals surface area contributed by atoms with Gasteiger partial charge in [-0.1, -0.05) is 19.9 Å². The molecule has 0 spiro atoms. The van der Waals surface area contributed by atoms with Gasteiger partial charge < -0.3 is 14.5 Å². The maximum Gasteiger partial charge on any atom is 0.255 e. The lowest BCUT2D eigenvalue weighted by molar-refractivity contribution is 0.102. The summed E-state index contributed by atoms with van der Waals surface area (Å²) in [4.78, 5) is 21.4. The highest BCUT2D eigenvalue weighted by Crippen LogP contribution is 2.27. The summed E-state index contributed by atoms with van der Waals surface area (Å²) in [5, 5.41) is 2.98. The van der Waals surface area contributed by atoms with E-state index >= 15 is 0 Å². The molecule has 2 aromatic heterocycles. The summed E-state index contributed by atoms with van der Waals surface area (Å²) in [7, 11) is 0. The van der Waals surface area contributed by atoms with Crippen molar-refractivity contribution in [2.24, 2.45) is 5.92 Å². The van der Waals surface area contributed by atoms with Crippen molar-refractivity contribution in [1.82, 2.24) is 9.97 Å². The second-order valence-corrected chi connectivity index (χ2v) is 7.56. The molecule has 30 heavy (non-hydrogen) atoms. The number of carbonyl (C=O) groups is 1. The van der Waals surface area contributed by atoms with Crippen molar-refractivity contribution >= 4 is 22.8 Å². The number of hydrogen-bond donors (Lipinski definition) is 1. The van der Waals surface area contributed by atoms with Crippen molar-refractivity contribution in [1.29, 1.82) is 0 Å². The fourth-order valence-electron chi connectivity index (χ4n) is 2.94. The highest BCUT2D eigenvalue weighted by atomic mass is 16.5. The van der Waals surface area contributed by atoms with Crippen LogP contribution in [0.2, 0.25) is 0 Å². The Morgan fingerprint density at radius 2 is 1.93 bits per heavy atom. The van der Waals surface area contributed by atoms with Crippen LogP contribution in [-0.2, 0) is 0 Å². The van der Waals surface area contributed by atoms with Gasteiger partial charge in [0.1, 0.15) is 5.75 Å². The molecule has 6 heteroatoms. The van der Waals surface area contributed by atoms with E-state index in [9.17, 15) is 4.79 Å². The largest absolute Gasteiger partial charge is 0.493 e. The fraction of sp³-hybridized carbons (Fsp3) is 0.208. The lowest BCUT2D eigenvalue weighted by Gasteiger charge is -2.11. The fourth-order valence-corrected chi connectivity index (χ4v) is 2.94. The molecule has 1 N–H and O–H groups in total. The summed E-state index contributed by atoms with van der Waals surface area (Å²) < 4.78 is 11.5. The Kier molecular flexibility index (Phi) is 5.48. The molecule has 0 saturated heterocycles. The summed E-state index contributed by atoms with van der Waals surface area (Å²) >= 11 is 0. The molecule has 1 amide bonds. The number of nitrogens with one attached hydrogen (secondary N) is 1. The van der Waals surface area contributed by atoms with Gasteiger partial charge in [-0.25, -0.2) is 4.98 Å². The van der Waals surface area contributed by atoms with Gasteiger partial charge in [0.2, 0.25) is 5.89 Å². The molecule has 0 fully saturated rings. The number of pyridine rings is 1. The van der Waals surface area contributed by atoms with Gasteiger partial charge in [0, 0.05) is 23.0 Å². The molecule has 0 aliphatic carbocycles. The number of anilines is 1. The van der Waals surface area contributed by atoms with Gasteiger partial charge in [0.05, 0.1) is 6.61 Å². The Balaban J connectivity index is 1.52. The maximum atomic E-state index is 12.7. The summed E-state index contributed by atoms with van der Waals surface area (Å²) in [6.07, 6.45) is 1.68. The van der Waals surface area contributed by atoms with E-state index in [0.29, 0.717) is 40.9 Å². The Hall–Kier alpha value is -3.67. The zero-order valence-corrected chi connectivity index (χ0v) is 17.2. The van der Waals surface area contributed by atoms with Gasteiger partial charge >= 0.3 is 0 Å². The highest BCUT2D eigenvalue weighted by molar-refractivity contribution is 6.05. The first kappa shape index (κ1) is 19.6. The molecule has 0 aliphatic heterocycles. The zero-order chi connectivity index (χ0) is 21.1. The number of hydrogen-bond acceptors (Lipinski definition) is 5. The zero-order valence-electron chi connectivity index (χ0n) is 17.2. The molecule has 4 rings (SSSR count). The Morgan fingerprint density at radius 3 is 2.67 bits per heavy atom. The van der Waals surface area contributed by atoms with Crippen LogP contribution in [0.1, 0.15) is 29.8 Å². The SMILES string of the molecule is Cc1ccc(-c2nc3ncccc3o2)cc1NC(=O)c1ccc(OCC(C)C)cc1. The molecule has 6 nitrogen and oxygen atoms in total. The number of fused-ring (bicyclic) bond motifs is 1. The van der Waals surface area contributed by atoms with Gasteiger partial charge in [0.15, 0.2) is 11.2 Å². The first-order valence-electron chi connectivity index (χ1n) is 9.86. The summed E-state index contributed by atoms with van der Waals surface area (Å²) in [6.45, 7) is 6.77. The van der Waals surface area contributed by atoms with Crippen LogP contribution in [0.3, 0.4) is 0 Å². The van der Waals surface area contributed by atoms with Crippen LogP contribution in [0.4, 0.5) is 5.69 Å². The molecule has 0 unspecified atom stereocenters. The Morgan fingerprint density at radius 1 is 1.13 bits per heavy atom. The average molecular weight is 401 g/mol. The third-order valence-electron chi connectivity index (χ3n) is 4.60. The van der Waals surface area contributed by atoms with E-state index < -0.39 is 0 Å². The van der Waals surface area contributed by atoms with Gasteiger partial charge in [-0.15, -0.1) is 0 Å². The lowest BCUT2D eigenvalue weighted by Crippen LogP contribution is -2.13. The third-order valence-corrected chi connectivity index (χ3v) is 4.60. The topological polar surface area (TPSA) is 77.3 Å². The normalized spacial score (nSPS) is 11.1. The molecule has 2 aromatic carbocycles. The minimum atomic E-state index is -0.190. The Bertz CT molecular complexity index is 1150. The average Bonchev–Trinajstić information content (AvgIpc) is 3.18. The van der Waals surface area contributed by atoms with Crippen molar-refractivity contribution in [3.63, 3.8) is 0 Å². The predicted octanol–water partition coefficient (Wildman–Crippen LogP) is 5.49. The number of benzene rings is 2. The van der Waals surface area contributed by atoms with E-state index in [1.807, 2.05) is 43.3 Å². The summed E-state index contributed by atoms with van der Waals surface area (Å²) in [5.74, 6) is 1.47. The molecule has 0 saturated carbocycles. The third kappa shape index (κ3) is 4.33. The molecule has 152 valence electrons. The maximum absolute atomic E-state index is 12.7.